The summed E-state index contributed by atoms with van der Waals surface area (Å²) in [7, 11) is 1.44. The number of anilines is 1. The molecule has 1 aromatic carbocycles. The van der Waals surface area contributed by atoms with Crippen LogP contribution in [-0.4, -0.2) is 13.0 Å². The molecule has 0 saturated carbocycles. The van der Waals surface area contributed by atoms with Crippen molar-refractivity contribution in [3.8, 4) is 17.9 Å². The van der Waals surface area contributed by atoms with Gasteiger partial charge >= 0.3 is 0 Å². The molecule has 0 saturated heterocycles. The van der Waals surface area contributed by atoms with Crippen LogP contribution in [0.3, 0.4) is 0 Å². The molecular weight excluding hydrogens is 206 g/mol. The fraction of sp³-hybridized carbons (Fsp3) is 0.182. The molecule has 16 heavy (non-hydrogen) atoms. The summed E-state index contributed by atoms with van der Waals surface area (Å²) < 4.78 is 5.02. The number of nitriles is 2. The lowest BCUT2D eigenvalue weighted by molar-refractivity contribution is -0.115. The first-order valence-electron chi connectivity index (χ1n) is 4.46. The second-order valence-corrected chi connectivity index (χ2v) is 2.88. The Kier molecular flexibility index (Phi) is 3.88. The van der Waals surface area contributed by atoms with Crippen LogP contribution in [-0.2, 0) is 4.79 Å². The molecule has 0 aromatic heterocycles. The van der Waals surface area contributed by atoms with Gasteiger partial charge in [-0.1, -0.05) is 6.07 Å². The first-order chi connectivity index (χ1) is 7.72. The first kappa shape index (κ1) is 11.5. The van der Waals surface area contributed by atoms with Gasteiger partial charge in [-0.25, -0.2) is 0 Å². The van der Waals surface area contributed by atoms with Gasteiger partial charge in [0.2, 0.25) is 5.91 Å². The highest BCUT2D eigenvalue weighted by atomic mass is 16.5. The topological polar surface area (TPSA) is 85.9 Å². The highest BCUT2D eigenvalue weighted by Gasteiger charge is 2.11. The maximum Gasteiger partial charge on any atom is 0.238 e. The van der Waals surface area contributed by atoms with Gasteiger partial charge in [-0.15, -0.1) is 0 Å². The highest BCUT2D eigenvalue weighted by Crippen LogP contribution is 2.27. The number of benzene rings is 1. The predicted molar refractivity (Wildman–Crippen MR) is 56.6 cm³/mol. The summed E-state index contributed by atoms with van der Waals surface area (Å²) in [5.74, 6) is -0.0751. The van der Waals surface area contributed by atoms with Gasteiger partial charge in [0.05, 0.1) is 18.7 Å². The minimum absolute atomic E-state index is 0.261. The van der Waals surface area contributed by atoms with E-state index in [2.05, 4.69) is 5.32 Å². The molecule has 1 aromatic rings. The SMILES string of the molecule is COc1cccc(C#N)c1NC(=O)CC#N. The van der Waals surface area contributed by atoms with Crippen LogP contribution in [0.15, 0.2) is 18.2 Å². The van der Waals surface area contributed by atoms with E-state index in [1.807, 2.05) is 6.07 Å². The standard InChI is InChI=1S/C11H9N3O2/c1-16-9-4-2-3-8(7-13)11(9)14-10(15)5-6-12/h2-4H,5H2,1H3,(H,14,15). The molecule has 1 N–H and O–H groups in total. The average molecular weight is 215 g/mol. The van der Waals surface area contributed by atoms with Gasteiger partial charge in [0.25, 0.3) is 0 Å². The van der Waals surface area contributed by atoms with Crippen LogP contribution in [0.5, 0.6) is 5.75 Å². The van der Waals surface area contributed by atoms with Crippen LogP contribution in [0.1, 0.15) is 12.0 Å². The molecule has 0 fully saturated rings. The lowest BCUT2D eigenvalue weighted by atomic mass is 10.1. The van der Waals surface area contributed by atoms with Crippen molar-refractivity contribution in [3.05, 3.63) is 23.8 Å². The molecule has 5 nitrogen and oxygen atoms in total. The van der Waals surface area contributed by atoms with E-state index >= 15 is 0 Å². The third-order valence-electron chi connectivity index (χ3n) is 1.87. The summed E-state index contributed by atoms with van der Waals surface area (Å²) in [6, 6.07) is 8.51. The van der Waals surface area contributed by atoms with Crippen LogP contribution in [0, 0.1) is 22.7 Å². The zero-order valence-electron chi connectivity index (χ0n) is 8.65. The van der Waals surface area contributed by atoms with Crippen LogP contribution in [0.4, 0.5) is 5.69 Å². The molecule has 0 atom stereocenters. The van der Waals surface area contributed by atoms with Gasteiger partial charge in [-0.05, 0) is 12.1 Å². The molecule has 0 aliphatic carbocycles. The number of nitrogens with zero attached hydrogens (tertiary/aromatic N) is 2. The van der Waals surface area contributed by atoms with Crippen molar-refractivity contribution >= 4 is 11.6 Å². The Hall–Kier alpha value is -2.53. The number of hydrogen-bond donors (Lipinski definition) is 1. The van der Waals surface area contributed by atoms with Gasteiger partial charge < -0.3 is 10.1 Å². The number of carbonyl (C=O) groups excluding carboxylic acids is 1. The molecule has 1 rings (SSSR count). The maximum absolute atomic E-state index is 11.3. The van der Waals surface area contributed by atoms with E-state index in [9.17, 15) is 4.79 Å². The average Bonchev–Trinajstić information content (AvgIpc) is 2.29. The largest absolute Gasteiger partial charge is 0.495 e. The molecule has 0 aliphatic rings. The molecular formula is C11H9N3O2. The minimum Gasteiger partial charge on any atom is -0.495 e. The summed E-state index contributed by atoms with van der Waals surface area (Å²) in [5, 5.41) is 19.7. The molecule has 80 valence electrons. The van der Waals surface area contributed by atoms with E-state index in [0.717, 1.165) is 0 Å². The molecule has 0 unspecified atom stereocenters. The fourth-order valence-electron chi connectivity index (χ4n) is 1.18. The Balaban J connectivity index is 3.06. The fourth-order valence-corrected chi connectivity index (χ4v) is 1.18. The van der Waals surface area contributed by atoms with Gasteiger partial charge in [0.15, 0.2) is 0 Å². The monoisotopic (exact) mass is 215 g/mol. The zero-order chi connectivity index (χ0) is 12.0. The second-order valence-electron chi connectivity index (χ2n) is 2.88. The number of ether oxygens (including phenoxy) is 1. The van der Waals surface area contributed by atoms with Crippen molar-refractivity contribution in [2.75, 3.05) is 12.4 Å². The maximum atomic E-state index is 11.3. The Morgan fingerprint density at radius 2 is 2.25 bits per heavy atom. The van der Waals surface area contributed by atoms with E-state index in [-0.39, 0.29) is 6.42 Å². The number of para-hydroxylation sites is 1. The Bertz CT molecular complexity index is 483. The number of rotatable bonds is 3. The molecule has 0 heterocycles. The van der Waals surface area contributed by atoms with Crippen molar-refractivity contribution in [1.29, 1.82) is 10.5 Å². The summed E-state index contributed by atoms with van der Waals surface area (Å²) >= 11 is 0. The Morgan fingerprint density at radius 3 is 2.81 bits per heavy atom. The van der Waals surface area contributed by atoms with Gasteiger partial charge in [-0.2, -0.15) is 10.5 Å². The molecule has 0 radical (unpaired) electrons. The number of amides is 1. The number of methoxy groups -OCH3 is 1. The summed E-state index contributed by atoms with van der Waals surface area (Å²) in [5.41, 5.74) is 0.596. The summed E-state index contributed by atoms with van der Waals surface area (Å²) in [6.07, 6.45) is -0.261. The van der Waals surface area contributed by atoms with Crippen LogP contribution in [0.2, 0.25) is 0 Å². The minimum atomic E-state index is -0.469. The smallest absolute Gasteiger partial charge is 0.238 e. The van der Waals surface area contributed by atoms with Crippen molar-refractivity contribution < 1.29 is 9.53 Å². The molecule has 0 bridgehead atoms. The van der Waals surface area contributed by atoms with E-state index in [1.165, 1.54) is 7.11 Å². The second kappa shape index (κ2) is 5.38. The van der Waals surface area contributed by atoms with Crippen LogP contribution < -0.4 is 10.1 Å². The third-order valence-corrected chi connectivity index (χ3v) is 1.87. The molecule has 5 heteroatoms. The van der Waals surface area contributed by atoms with Gasteiger partial charge in [0, 0.05) is 0 Å². The highest BCUT2D eigenvalue weighted by molar-refractivity contribution is 5.95. The summed E-state index contributed by atoms with van der Waals surface area (Å²) in [4.78, 5) is 11.3. The van der Waals surface area contributed by atoms with Crippen molar-refractivity contribution in [2.24, 2.45) is 0 Å². The van der Waals surface area contributed by atoms with Crippen LogP contribution in [0.25, 0.3) is 0 Å². The lowest BCUT2D eigenvalue weighted by Gasteiger charge is -2.10. The van der Waals surface area contributed by atoms with Gasteiger partial charge in [0.1, 0.15) is 23.9 Å². The van der Waals surface area contributed by atoms with Crippen LogP contribution >= 0.6 is 0 Å². The third kappa shape index (κ3) is 2.49. The molecule has 1 amide bonds. The van der Waals surface area contributed by atoms with E-state index < -0.39 is 5.91 Å². The lowest BCUT2D eigenvalue weighted by Crippen LogP contribution is -2.12. The van der Waals surface area contributed by atoms with E-state index in [0.29, 0.717) is 17.0 Å². The Labute approximate surface area is 92.9 Å². The van der Waals surface area contributed by atoms with Crippen molar-refractivity contribution in [3.63, 3.8) is 0 Å². The normalized spacial score (nSPS) is 8.69. The first-order valence-corrected chi connectivity index (χ1v) is 4.46. The van der Waals surface area contributed by atoms with Gasteiger partial charge in [-0.3, -0.25) is 4.79 Å². The zero-order valence-corrected chi connectivity index (χ0v) is 8.65. The number of hydrogen-bond acceptors (Lipinski definition) is 4. The quantitative estimate of drug-likeness (QED) is 0.826. The van der Waals surface area contributed by atoms with E-state index in [1.54, 1.807) is 24.3 Å². The van der Waals surface area contributed by atoms with Crippen molar-refractivity contribution in [2.45, 2.75) is 6.42 Å². The summed E-state index contributed by atoms with van der Waals surface area (Å²) in [6.45, 7) is 0. The molecule has 0 spiro atoms. The predicted octanol–water partition coefficient (Wildman–Crippen LogP) is 1.42. The Morgan fingerprint density at radius 1 is 1.50 bits per heavy atom. The number of nitrogens with one attached hydrogen (secondary N) is 1. The number of carbonyl (C=O) groups is 1. The van der Waals surface area contributed by atoms with Crippen molar-refractivity contribution in [1.82, 2.24) is 0 Å². The molecule has 0 aliphatic heterocycles. The van der Waals surface area contributed by atoms with E-state index in [4.69, 9.17) is 15.3 Å².